The number of benzene rings is 1. The Kier molecular flexibility index (Phi) is 7.02. The lowest BCUT2D eigenvalue weighted by Gasteiger charge is -2.20. The Labute approximate surface area is 127 Å². The predicted molar refractivity (Wildman–Crippen MR) is 87.7 cm³/mol. The van der Waals surface area contributed by atoms with E-state index in [0.717, 1.165) is 31.6 Å². The Bertz CT molecular complexity index is 461. The summed E-state index contributed by atoms with van der Waals surface area (Å²) >= 11 is 0. The summed E-state index contributed by atoms with van der Waals surface area (Å²) < 4.78 is 4.71. The molecule has 0 heterocycles. The molecule has 0 unspecified atom stereocenters. The summed E-state index contributed by atoms with van der Waals surface area (Å²) in [5.41, 5.74) is 7.63. The van der Waals surface area contributed by atoms with Crippen molar-refractivity contribution in [2.45, 2.75) is 32.7 Å². The number of carbonyl (C=O) groups excluding carboxylic acids is 1. The number of nitrogen functional groups attached to an aromatic ring is 1. The molecule has 0 spiro atoms. The van der Waals surface area contributed by atoms with Crippen molar-refractivity contribution in [3.05, 3.63) is 23.8 Å². The molecule has 0 aliphatic heterocycles. The number of carbonyl (C=O) groups is 1. The summed E-state index contributed by atoms with van der Waals surface area (Å²) in [6, 6.07) is 5.93. The average molecular weight is 293 g/mol. The van der Waals surface area contributed by atoms with Gasteiger partial charge in [0.15, 0.2) is 0 Å². The lowest BCUT2D eigenvalue weighted by atomic mass is 10.1. The highest BCUT2D eigenvalue weighted by atomic mass is 16.5. The number of nitrogens with zero attached hydrogens (tertiary/aromatic N) is 1. The molecule has 0 radical (unpaired) electrons. The molecular formula is C16H27N3O2. The average Bonchev–Trinajstić information content (AvgIpc) is 2.47. The minimum absolute atomic E-state index is 0.405. The highest BCUT2D eigenvalue weighted by Crippen LogP contribution is 2.23. The summed E-state index contributed by atoms with van der Waals surface area (Å²) in [6.07, 6.45) is 2.18. The third kappa shape index (κ3) is 5.27. The van der Waals surface area contributed by atoms with E-state index >= 15 is 0 Å². The van der Waals surface area contributed by atoms with Crippen LogP contribution in [0.25, 0.3) is 0 Å². The normalized spacial score (nSPS) is 11.0. The van der Waals surface area contributed by atoms with Crippen molar-refractivity contribution in [2.24, 2.45) is 0 Å². The molecule has 5 heteroatoms. The monoisotopic (exact) mass is 293 g/mol. The topological polar surface area (TPSA) is 67.6 Å². The highest BCUT2D eigenvalue weighted by Gasteiger charge is 2.12. The molecule has 0 saturated heterocycles. The number of anilines is 2. The first kappa shape index (κ1) is 17.3. The zero-order chi connectivity index (χ0) is 15.8. The quantitative estimate of drug-likeness (QED) is 0.438. The number of hydrogen-bond donors (Lipinski definition) is 2. The molecule has 0 saturated carbocycles. The molecule has 0 atom stereocenters. The van der Waals surface area contributed by atoms with Gasteiger partial charge in [0, 0.05) is 12.6 Å². The second kappa shape index (κ2) is 8.52. The summed E-state index contributed by atoms with van der Waals surface area (Å²) in [6.45, 7) is 6.30. The van der Waals surface area contributed by atoms with Crippen LogP contribution in [0.2, 0.25) is 0 Å². The second-order valence-corrected chi connectivity index (χ2v) is 5.47. The Morgan fingerprint density at radius 1 is 1.38 bits per heavy atom. The van der Waals surface area contributed by atoms with E-state index in [9.17, 15) is 4.79 Å². The van der Waals surface area contributed by atoms with Crippen molar-refractivity contribution >= 4 is 17.3 Å². The number of rotatable bonds is 8. The maximum atomic E-state index is 11.6. The van der Waals surface area contributed by atoms with Crippen molar-refractivity contribution in [3.63, 3.8) is 0 Å². The van der Waals surface area contributed by atoms with Gasteiger partial charge < -0.3 is 20.7 Å². The maximum absolute atomic E-state index is 11.6. The number of esters is 1. The molecule has 1 rings (SSSR count). The number of ether oxygens (including phenoxy) is 1. The van der Waals surface area contributed by atoms with Gasteiger partial charge in [0.1, 0.15) is 0 Å². The number of nitrogens with two attached hydrogens (primary N) is 1. The predicted octanol–water partition coefficient (Wildman–Crippen LogP) is 2.59. The van der Waals surface area contributed by atoms with Gasteiger partial charge in [-0.05, 0) is 52.4 Å². The second-order valence-electron chi connectivity index (χ2n) is 5.47. The molecule has 0 bridgehead atoms. The lowest BCUT2D eigenvalue weighted by Crippen LogP contribution is -2.27. The molecule has 0 aliphatic carbocycles. The fourth-order valence-electron chi connectivity index (χ4n) is 1.97. The third-order valence-corrected chi connectivity index (χ3v) is 3.65. The van der Waals surface area contributed by atoms with E-state index in [4.69, 9.17) is 10.5 Å². The number of unbranched alkanes of at least 4 members (excludes halogenated alkanes) is 1. The zero-order valence-corrected chi connectivity index (χ0v) is 13.5. The molecule has 0 aromatic heterocycles. The standard InChI is InChI=1S/C16H27N3O2/c1-12(2)19(3)11-6-5-10-18-14-9-7-8-13(15(14)17)16(20)21-4/h7-9,12,18H,5-6,10-11,17H2,1-4H3. The number of para-hydroxylation sites is 1. The van der Waals surface area contributed by atoms with Crippen molar-refractivity contribution < 1.29 is 9.53 Å². The third-order valence-electron chi connectivity index (χ3n) is 3.65. The molecule has 0 fully saturated rings. The van der Waals surface area contributed by atoms with E-state index in [0.29, 0.717) is 17.3 Å². The van der Waals surface area contributed by atoms with E-state index in [1.54, 1.807) is 12.1 Å². The van der Waals surface area contributed by atoms with Crippen LogP contribution >= 0.6 is 0 Å². The van der Waals surface area contributed by atoms with Crippen LogP contribution in [0.15, 0.2) is 18.2 Å². The minimum atomic E-state index is -0.408. The van der Waals surface area contributed by atoms with E-state index in [1.165, 1.54) is 7.11 Å². The van der Waals surface area contributed by atoms with Gasteiger partial charge >= 0.3 is 5.97 Å². The van der Waals surface area contributed by atoms with Crippen molar-refractivity contribution in [1.29, 1.82) is 0 Å². The minimum Gasteiger partial charge on any atom is -0.465 e. The Balaban J connectivity index is 2.44. The first-order chi connectivity index (χ1) is 9.97. The van der Waals surface area contributed by atoms with E-state index in [2.05, 4.69) is 31.1 Å². The molecular weight excluding hydrogens is 266 g/mol. The molecule has 1 aromatic carbocycles. The van der Waals surface area contributed by atoms with E-state index < -0.39 is 5.97 Å². The number of methoxy groups -OCH3 is 1. The number of nitrogens with one attached hydrogen (secondary N) is 1. The van der Waals surface area contributed by atoms with Gasteiger partial charge in [0.05, 0.1) is 24.0 Å². The van der Waals surface area contributed by atoms with Crippen LogP contribution in [-0.2, 0) is 4.74 Å². The van der Waals surface area contributed by atoms with Gasteiger partial charge in [0.2, 0.25) is 0 Å². The Morgan fingerprint density at radius 2 is 2.10 bits per heavy atom. The first-order valence-electron chi connectivity index (χ1n) is 7.38. The van der Waals surface area contributed by atoms with Crippen molar-refractivity contribution in [1.82, 2.24) is 4.90 Å². The SMILES string of the molecule is COC(=O)c1cccc(NCCCCN(C)C(C)C)c1N. The fraction of sp³-hybridized carbons (Fsp3) is 0.562. The van der Waals surface area contributed by atoms with Crippen LogP contribution in [0.1, 0.15) is 37.0 Å². The highest BCUT2D eigenvalue weighted by molar-refractivity contribution is 5.98. The van der Waals surface area contributed by atoms with Crippen LogP contribution in [-0.4, -0.2) is 44.2 Å². The van der Waals surface area contributed by atoms with Gasteiger partial charge in [-0.3, -0.25) is 0 Å². The molecule has 1 aromatic rings. The van der Waals surface area contributed by atoms with Crippen molar-refractivity contribution in [3.8, 4) is 0 Å². The van der Waals surface area contributed by atoms with Crippen LogP contribution in [0, 0.1) is 0 Å². The molecule has 118 valence electrons. The number of hydrogen-bond acceptors (Lipinski definition) is 5. The van der Waals surface area contributed by atoms with Crippen LogP contribution in [0.4, 0.5) is 11.4 Å². The molecule has 0 amide bonds. The lowest BCUT2D eigenvalue weighted by molar-refractivity contribution is 0.0602. The van der Waals surface area contributed by atoms with Crippen LogP contribution in [0.3, 0.4) is 0 Å². The van der Waals surface area contributed by atoms with Gasteiger partial charge in [-0.15, -0.1) is 0 Å². The summed E-state index contributed by atoms with van der Waals surface area (Å²) in [5.74, 6) is -0.408. The summed E-state index contributed by atoms with van der Waals surface area (Å²) in [4.78, 5) is 13.9. The Morgan fingerprint density at radius 3 is 2.71 bits per heavy atom. The van der Waals surface area contributed by atoms with Gasteiger partial charge in [-0.1, -0.05) is 6.07 Å². The Hall–Kier alpha value is -1.75. The van der Waals surface area contributed by atoms with Crippen molar-refractivity contribution in [2.75, 3.05) is 38.3 Å². The van der Waals surface area contributed by atoms with Crippen LogP contribution < -0.4 is 11.1 Å². The van der Waals surface area contributed by atoms with Gasteiger partial charge in [-0.25, -0.2) is 4.79 Å². The zero-order valence-electron chi connectivity index (χ0n) is 13.5. The molecule has 3 N–H and O–H groups in total. The summed E-state index contributed by atoms with van der Waals surface area (Å²) in [7, 11) is 3.49. The van der Waals surface area contributed by atoms with Gasteiger partial charge in [-0.2, -0.15) is 0 Å². The van der Waals surface area contributed by atoms with Crippen LogP contribution in [0.5, 0.6) is 0 Å². The first-order valence-corrected chi connectivity index (χ1v) is 7.38. The fourth-order valence-corrected chi connectivity index (χ4v) is 1.97. The molecule has 5 nitrogen and oxygen atoms in total. The van der Waals surface area contributed by atoms with E-state index in [1.807, 2.05) is 6.07 Å². The van der Waals surface area contributed by atoms with Gasteiger partial charge in [0.25, 0.3) is 0 Å². The summed E-state index contributed by atoms with van der Waals surface area (Å²) in [5, 5.41) is 3.28. The smallest absolute Gasteiger partial charge is 0.340 e. The maximum Gasteiger partial charge on any atom is 0.340 e. The van der Waals surface area contributed by atoms with E-state index in [-0.39, 0.29) is 0 Å². The molecule has 21 heavy (non-hydrogen) atoms. The largest absolute Gasteiger partial charge is 0.465 e. The molecule has 0 aliphatic rings.